The summed E-state index contributed by atoms with van der Waals surface area (Å²) in [6, 6.07) is 21.9. The van der Waals surface area contributed by atoms with Crippen LogP contribution in [-0.2, 0) is 6.54 Å². The fourth-order valence-corrected chi connectivity index (χ4v) is 3.63. The zero-order chi connectivity index (χ0) is 22.1. The first kappa shape index (κ1) is 19.5. The zero-order valence-electron chi connectivity index (χ0n) is 17.2. The Morgan fingerprint density at radius 2 is 1.91 bits per heavy atom. The normalized spacial score (nSPS) is 11.0. The molecule has 0 radical (unpaired) electrons. The van der Waals surface area contributed by atoms with Crippen molar-refractivity contribution < 1.29 is 9.53 Å². The average Bonchev–Trinajstić information content (AvgIpc) is 3.27. The van der Waals surface area contributed by atoms with Crippen LogP contribution in [0.2, 0.25) is 0 Å². The zero-order valence-corrected chi connectivity index (χ0v) is 17.2. The number of amides is 1. The van der Waals surface area contributed by atoms with E-state index in [1.54, 1.807) is 29.8 Å². The molecule has 2 heterocycles. The summed E-state index contributed by atoms with van der Waals surface area (Å²) in [4.78, 5) is 29.6. The van der Waals surface area contributed by atoms with E-state index in [1.165, 1.54) is 0 Å². The van der Waals surface area contributed by atoms with E-state index in [9.17, 15) is 9.59 Å². The number of H-pyrrole nitrogens is 1. The lowest BCUT2D eigenvalue weighted by Gasteiger charge is -2.08. The minimum atomic E-state index is -0.373. The number of nitrogens with one attached hydrogen (secondary N) is 2. The van der Waals surface area contributed by atoms with Crippen LogP contribution in [0.4, 0.5) is 0 Å². The monoisotopic (exact) mass is 425 g/mol. The fraction of sp³-hybridized carbons (Fsp3) is 0.0833. The van der Waals surface area contributed by atoms with Crippen LogP contribution in [0.15, 0.2) is 77.6 Å². The molecule has 0 spiro atoms. The molecule has 8 nitrogen and oxygen atoms in total. The molecule has 0 saturated carbocycles. The number of nitrogens with zero attached hydrogens (tertiary/aromatic N) is 3. The van der Waals surface area contributed by atoms with Crippen molar-refractivity contribution in [2.45, 2.75) is 6.54 Å². The van der Waals surface area contributed by atoms with E-state index in [4.69, 9.17) is 4.74 Å². The van der Waals surface area contributed by atoms with Crippen molar-refractivity contribution in [2.24, 2.45) is 0 Å². The highest BCUT2D eigenvalue weighted by Crippen LogP contribution is 2.22. The molecular weight excluding hydrogens is 406 g/mol. The van der Waals surface area contributed by atoms with Crippen LogP contribution >= 0.6 is 0 Å². The number of methoxy groups -OCH3 is 1. The number of hydrogen-bond acceptors (Lipinski definition) is 5. The first-order valence-corrected chi connectivity index (χ1v) is 10.0. The lowest BCUT2D eigenvalue weighted by Crippen LogP contribution is -2.23. The van der Waals surface area contributed by atoms with Crippen LogP contribution in [0.25, 0.3) is 27.8 Å². The minimum Gasteiger partial charge on any atom is -0.497 e. The summed E-state index contributed by atoms with van der Waals surface area (Å²) in [5.41, 5.74) is 3.31. The molecule has 0 bridgehead atoms. The van der Waals surface area contributed by atoms with Crippen LogP contribution in [0.3, 0.4) is 0 Å². The van der Waals surface area contributed by atoms with Crippen molar-refractivity contribution in [2.75, 3.05) is 7.11 Å². The van der Waals surface area contributed by atoms with E-state index in [0.29, 0.717) is 34.4 Å². The summed E-state index contributed by atoms with van der Waals surface area (Å²) in [7, 11) is 1.60. The second-order valence-corrected chi connectivity index (χ2v) is 7.27. The molecule has 8 heteroatoms. The van der Waals surface area contributed by atoms with Crippen LogP contribution in [0, 0.1) is 0 Å². The van der Waals surface area contributed by atoms with Gasteiger partial charge in [0.05, 0.1) is 18.0 Å². The fourth-order valence-electron chi connectivity index (χ4n) is 3.63. The predicted octanol–water partition coefficient (Wildman–Crippen LogP) is 3.18. The first-order valence-electron chi connectivity index (χ1n) is 10.0. The average molecular weight is 425 g/mol. The molecule has 5 rings (SSSR count). The number of aromatic nitrogens is 4. The summed E-state index contributed by atoms with van der Waals surface area (Å²) in [6.45, 7) is 0.349. The number of rotatable bonds is 5. The van der Waals surface area contributed by atoms with Gasteiger partial charge in [-0.3, -0.25) is 9.59 Å². The standard InChI is InChI=1S/C24H19N5O3/c1-32-18-9-5-6-15(12-18)14-25-23(30)17-10-11-19-20(13-17)29-22(26-24(19)31)21(27-28-29)16-7-3-2-4-8-16/h2-13,28H,14H2,1H3,(H,25,30). The van der Waals surface area contributed by atoms with Crippen molar-refractivity contribution in [3.8, 4) is 17.0 Å². The molecule has 0 unspecified atom stereocenters. The van der Waals surface area contributed by atoms with Gasteiger partial charge in [-0.2, -0.15) is 10.1 Å². The second kappa shape index (κ2) is 7.99. The van der Waals surface area contributed by atoms with Crippen molar-refractivity contribution in [1.82, 2.24) is 25.1 Å². The maximum absolute atomic E-state index is 12.8. The first-order chi connectivity index (χ1) is 15.6. The Morgan fingerprint density at radius 3 is 2.72 bits per heavy atom. The second-order valence-electron chi connectivity index (χ2n) is 7.27. The van der Waals surface area contributed by atoms with Crippen LogP contribution in [0.5, 0.6) is 5.75 Å². The van der Waals surface area contributed by atoms with Crippen molar-refractivity contribution in [3.05, 3.63) is 94.3 Å². The quantitative estimate of drug-likeness (QED) is 0.450. The van der Waals surface area contributed by atoms with Crippen LogP contribution in [-0.4, -0.2) is 32.8 Å². The molecule has 5 aromatic rings. The molecule has 0 fully saturated rings. The molecule has 2 N–H and O–H groups in total. The number of carbonyl (C=O) groups excluding carboxylic acids is 1. The summed E-state index contributed by atoms with van der Waals surface area (Å²) >= 11 is 0. The molecule has 3 aromatic carbocycles. The Labute approximate surface area is 182 Å². The van der Waals surface area contributed by atoms with Gasteiger partial charge in [0.15, 0.2) is 5.65 Å². The lowest BCUT2D eigenvalue weighted by molar-refractivity contribution is 0.0951. The predicted molar refractivity (Wildman–Crippen MR) is 121 cm³/mol. The summed E-state index contributed by atoms with van der Waals surface area (Å²) in [5.74, 6) is 0.473. The molecule has 0 aliphatic rings. The van der Waals surface area contributed by atoms with E-state index in [0.717, 1.165) is 16.9 Å². The molecule has 32 heavy (non-hydrogen) atoms. The molecule has 1 amide bonds. The topological polar surface area (TPSA) is 101 Å². The van der Waals surface area contributed by atoms with Gasteiger partial charge in [0.25, 0.3) is 11.5 Å². The number of hydrogen-bond donors (Lipinski definition) is 2. The molecule has 0 saturated heterocycles. The molecule has 158 valence electrons. The number of fused-ring (bicyclic) bond motifs is 3. The highest BCUT2D eigenvalue weighted by molar-refractivity contribution is 5.98. The Kier molecular flexibility index (Phi) is 4.87. The molecular formula is C24H19N5O3. The van der Waals surface area contributed by atoms with Gasteiger partial charge in [-0.25, -0.2) is 9.73 Å². The lowest BCUT2D eigenvalue weighted by atomic mass is 10.1. The highest BCUT2D eigenvalue weighted by atomic mass is 16.5. The third-order valence-corrected chi connectivity index (χ3v) is 5.26. The Morgan fingerprint density at radius 1 is 1.06 bits per heavy atom. The van der Waals surface area contributed by atoms with Gasteiger partial charge in [0.2, 0.25) is 0 Å². The Hall–Kier alpha value is -4.46. The van der Waals surface area contributed by atoms with Crippen molar-refractivity contribution in [1.29, 1.82) is 0 Å². The maximum atomic E-state index is 12.8. The molecule has 0 atom stereocenters. The van der Waals surface area contributed by atoms with Gasteiger partial charge in [-0.15, -0.1) is 0 Å². The Bertz CT molecular complexity index is 1510. The minimum absolute atomic E-state index is 0.254. The Balaban J connectivity index is 1.51. The van der Waals surface area contributed by atoms with Crippen LogP contribution in [0.1, 0.15) is 15.9 Å². The van der Waals surface area contributed by atoms with Gasteiger partial charge >= 0.3 is 0 Å². The van der Waals surface area contributed by atoms with E-state index in [2.05, 4.69) is 20.6 Å². The maximum Gasteiger partial charge on any atom is 0.281 e. The van der Waals surface area contributed by atoms with Crippen LogP contribution < -0.4 is 15.6 Å². The number of benzene rings is 3. The van der Waals surface area contributed by atoms with Crippen molar-refractivity contribution in [3.63, 3.8) is 0 Å². The smallest absolute Gasteiger partial charge is 0.281 e. The van der Waals surface area contributed by atoms with E-state index < -0.39 is 0 Å². The molecule has 0 aliphatic heterocycles. The van der Waals surface area contributed by atoms with E-state index >= 15 is 0 Å². The van der Waals surface area contributed by atoms with E-state index in [1.807, 2.05) is 54.6 Å². The van der Waals surface area contributed by atoms with Gasteiger partial charge < -0.3 is 10.1 Å². The molecule has 0 aliphatic carbocycles. The third-order valence-electron chi connectivity index (χ3n) is 5.26. The van der Waals surface area contributed by atoms with E-state index in [-0.39, 0.29) is 11.5 Å². The van der Waals surface area contributed by atoms with Gasteiger partial charge in [-0.05, 0) is 35.9 Å². The summed E-state index contributed by atoms with van der Waals surface area (Å²) in [6.07, 6.45) is 0. The number of carbonyl (C=O) groups is 1. The van der Waals surface area contributed by atoms with Gasteiger partial charge in [0, 0.05) is 17.7 Å². The molecule has 2 aromatic heterocycles. The number of aromatic amines is 1. The third kappa shape index (κ3) is 3.47. The number of ether oxygens (including phenoxy) is 1. The van der Waals surface area contributed by atoms with Gasteiger partial charge in [0.1, 0.15) is 11.4 Å². The highest BCUT2D eigenvalue weighted by Gasteiger charge is 2.15. The SMILES string of the molecule is COc1cccc(CNC(=O)c2ccc3c(=O)nc4c(-c5ccccc5)n[nH]n4c3c2)c1. The summed E-state index contributed by atoms with van der Waals surface area (Å²) in [5, 5.41) is 10.6. The van der Waals surface area contributed by atoms with Gasteiger partial charge in [-0.1, -0.05) is 42.5 Å². The largest absolute Gasteiger partial charge is 0.497 e. The van der Waals surface area contributed by atoms with Crippen molar-refractivity contribution >= 4 is 22.5 Å². The summed E-state index contributed by atoms with van der Waals surface area (Å²) < 4.78 is 6.84.